The standard InChI is InChI=1S/C25H24F3NO2.CH5NO2S/c1-16(2)23-21(13-18(4)20-7-5-6-17(3)12-20)15-29(24(23)30)14-19-8-10-22(11-9-19)31-25(26,27)28;1-5(2,3)4/h5-13H,4,14-15H2,1-3H3;1H3,(H2,2,3,4)/b21-13-;. The number of halogens is 3. The van der Waals surface area contributed by atoms with Gasteiger partial charge in [0.15, 0.2) is 0 Å². The highest BCUT2D eigenvalue weighted by molar-refractivity contribution is 7.88. The molecule has 1 amide bonds. The predicted molar refractivity (Wildman–Crippen MR) is 134 cm³/mol. The molecule has 1 aliphatic rings. The molecule has 10 heteroatoms. The minimum Gasteiger partial charge on any atom is -0.406 e. The van der Waals surface area contributed by atoms with E-state index in [1.54, 1.807) is 4.90 Å². The van der Waals surface area contributed by atoms with Crippen molar-refractivity contribution in [1.29, 1.82) is 0 Å². The summed E-state index contributed by atoms with van der Waals surface area (Å²) >= 11 is 0. The molecule has 0 unspecified atom stereocenters. The predicted octanol–water partition coefficient (Wildman–Crippen LogP) is 5.12. The van der Waals surface area contributed by atoms with Crippen LogP contribution in [0.1, 0.15) is 30.5 Å². The third-order valence-corrected chi connectivity index (χ3v) is 4.95. The summed E-state index contributed by atoms with van der Waals surface area (Å²) in [5.41, 5.74) is 6.10. The zero-order chi connectivity index (χ0) is 27.3. The van der Waals surface area contributed by atoms with Crippen LogP contribution in [0.3, 0.4) is 0 Å². The number of alkyl halides is 3. The number of ether oxygens (including phenoxy) is 1. The van der Waals surface area contributed by atoms with E-state index >= 15 is 0 Å². The zero-order valence-corrected chi connectivity index (χ0v) is 21.3. The second-order valence-corrected chi connectivity index (χ2v) is 10.3. The number of carbonyl (C=O) groups is 1. The molecule has 1 aliphatic heterocycles. The Morgan fingerprint density at radius 1 is 1.17 bits per heavy atom. The normalized spacial score (nSPS) is 15.0. The quantitative estimate of drug-likeness (QED) is 0.552. The lowest BCUT2D eigenvalue weighted by Crippen LogP contribution is -2.24. The van der Waals surface area contributed by atoms with Gasteiger partial charge in [0.2, 0.25) is 10.0 Å². The fraction of sp³-hybridized carbons (Fsp3) is 0.269. The summed E-state index contributed by atoms with van der Waals surface area (Å²) in [6.45, 7) is 10.7. The van der Waals surface area contributed by atoms with Crippen molar-refractivity contribution in [1.82, 2.24) is 4.90 Å². The molecule has 0 bridgehead atoms. The highest BCUT2D eigenvalue weighted by Gasteiger charge is 2.32. The van der Waals surface area contributed by atoms with Crippen LogP contribution in [0, 0.1) is 6.92 Å². The number of allylic oxidation sites excluding steroid dienone is 3. The molecule has 0 saturated carbocycles. The fourth-order valence-electron chi connectivity index (χ4n) is 3.59. The highest BCUT2D eigenvalue weighted by atomic mass is 32.2. The third kappa shape index (κ3) is 9.35. The Labute approximate surface area is 209 Å². The van der Waals surface area contributed by atoms with Crippen molar-refractivity contribution in [3.8, 4) is 5.75 Å². The lowest BCUT2D eigenvalue weighted by atomic mass is 9.98. The molecular formula is C26H29F3N2O4S. The lowest BCUT2D eigenvalue weighted by molar-refractivity contribution is -0.274. The average molecular weight is 523 g/mol. The molecule has 3 rings (SSSR count). The Morgan fingerprint density at radius 3 is 2.25 bits per heavy atom. The van der Waals surface area contributed by atoms with Gasteiger partial charge in [-0.05, 0) is 61.3 Å². The van der Waals surface area contributed by atoms with Crippen LogP contribution in [-0.2, 0) is 21.4 Å². The number of primary sulfonamides is 1. The number of likely N-dealkylation sites (tertiary alicyclic amines) is 1. The van der Waals surface area contributed by atoms with Gasteiger partial charge in [0, 0.05) is 18.7 Å². The number of hydrogen-bond donors (Lipinski definition) is 1. The van der Waals surface area contributed by atoms with Crippen molar-refractivity contribution in [3.05, 3.63) is 94.6 Å². The minimum absolute atomic E-state index is 0.0982. The van der Waals surface area contributed by atoms with Crippen LogP contribution >= 0.6 is 0 Å². The maximum atomic E-state index is 13.0. The molecular weight excluding hydrogens is 493 g/mol. The molecule has 1 saturated heterocycles. The number of hydrogen-bond acceptors (Lipinski definition) is 4. The van der Waals surface area contributed by atoms with E-state index in [9.17, 15) is 26.4 Å². The second kappa shape index (κ2) is 11.6. The lowest BCUT2D eigenvalue weighted by Gasteiger charge is -2.16. The van der Waals surface area contributed by atoms with E-state index in [0.29, 0.717) is 12.1 Å². The number of benzene rings is 2. The van der Waals surface area contributed by atoms with Crippen molar-refractivity contribution in [2.24, 2.45) is 5.14 Å². The van der Waals surface area contributed by atoms with Gasteiger partial charge >= 0.3 is 6.36 Å². The van der Waals surface area contributed by atoms with Crippen LogP contribution in [0.5, 0.6) is 5.75 Å². The minimum atomic E-state index is -4.73. The van der Waals surface area contributed by atoms with Gasteiger partial charge in [-0.25, -0.2) is 13.6 Å². The molecule has 2 N–H and O–H groups in total. The summed E-state index contributed by atoms with van der Waals surface area (Å²) in [5.74, 6) is -0.386. The molecule has 194 valence electrons. The third-order valence-electron chi connectivity index (χ3n) is 4.95. The van der Waals surface area contributed by atoms with Gasteiger partial charge in [0.1, 0.15) is 5.75 Å². The summed E-state index contributed by atoms with van der Waals surface area (Å²) in [4.78, 5) is 14.7. The van der Waals surface area contributed by atoms with Crippen LogP contribution < -0.4 is 9.88 Å². The molecule has 0 spiro atoms. The summed E-state index contributed by atoms with van der Waals surface area (Å²) in [7, 11) is -3.17. The van der Waals surface area contributed by atoms with E-state index in [1.807, 2.05) is 51.1 Å². The first-order valence-corrected chi connectivity index (χ1v) is 12.7. The largest absolute Gasteiger partial charge is 0.573 e. The molecule has 0 atom stereocenters. The molecule has 0 aliphatic carbocycles. The second-order valence-electron chi connectivity index (χ2n) is 8.62. The number of aryl methyl sites for hydroxylation is 1. The Morgan fingerprint density at radius 2 is 1.75 bits per heavy atom. The van der Waals surface area contributed by atoms with Crippen LogP contribution in [0.25, 0.3) is 5.57 Å². The molecule has 1 heterocycles. The number of nitrogens with zero attached hydrogens (tertiary/aromatic N) is 1. The number of rotatable bonds is 5. The van der Waals surface area contributed by atoms with E-state index in [0.717, 1.165) is 39.7 Å². The molecule has 1 fully saturated rings. The Kier molecular flexibility index (Phi) is 9.28. The summed E-state index contributed by atoms with van der Waals surface area (Å²) in [6, 6.07) is 13.6. The van der Waals surface area contributed by atoms with E-state index in [1.165, 1.54) is 24.3 Å². The van der Waals surface area contributed by atoms with Crippen LogP contribution in [0.4, 0.5) is 13.2 Å². The first-order valence-electron chi connectivity index (χ1n) is 10.8. The van der Waals surface area contributed by atoms with Crippen LogP contribution in [0.2, 0.25) is 0 Å². The first-order chi connectivity index (χ1) is 16.5. The Hall–Kier alpha value is -3.37. The SMILES string of the molecule is C=C(/C=C1/CN(Cc2ccc(OC(F)(F)F)cc2)C(=O)C1=C(C)C)c1cccc(C)c1.CS(N)(=O)=O. The Bertz CT molecular complexity index is 1280. The zero-order valence-electron chi connectivity index (χ0n) is 20.5. The maximum Gasteiger partial charge on any atom is 0.573 e. The van der Waals surface area contributed by atoms with E-state index < -0.39 is 16.4 Å². The summed E-state index contributed by atoms with van der Waals surface area (Å²) in [5, 5.41) is 4.33. The van der Waals surface area contributed by atoms with Crippen LogP contribution in [0.15, 0.2) is 77.9 Å². The van der Waals surface area contributed by atoms with Gasteiger partial charge in [-0.2, -0.15) is 0 Å². The smallest absolute Gasteiger partial charge is 0.406 e. The number of carbonyl (C=O) groups excluding carboxylic acids is 1. The number of sulfonamides is 1. The van der Waals surface area contributed by atoms with E-state index in [4.69, 9.17) is 0 Å². The monoisotopic (exact) mass is 522 g/mol. The first kappa shape index (κ1) is 28.9. The average Bonchev–Trinajstić information content (AvgIpc) is 3.02. The summed E-state index contributed by atoms with van der Waals surface area (Å²) < 4.78 is 59.7. The van der Waals surface area contributed by atoms with Gasteiger partial charge in [-0.15, -0.1) is 13.2 Å². The van der Waals surface area contributed by atoms with Gasteiger partial charge in [-0.1, -0.05) is 54.1 Å². The van der Waals surface area contributed by atoms with Crippen LogP contribution in [-0.4, -0.2) is 38.4 Å². The molecule has 0 aromatic heterocycles. The van der Waals surface area contributed by atoms with Crippen molar-refractivity contribution in [2.45, 2.75) is 33.7 Å². The van der Waals surface area contributed by atoms with Crippen molar-refractivity contribution in [2.75, 3.05) is 12.8 Å². The van der Waals surface area contributed by atoms with Gasteiger partial charge in [0.25, 0.3) is 5.91 Å². The van der Waals surface area contributed by atoms with Crippen molar-refractivity contribution >= 4 is 21.5 Å². The van der Waals surface area contributed by atoms with E-state index in [-0.39, 0.29) is 18.2 Å². The molecule has 0 radical (unpaired) electrons. The maximum absolute atomic E-state index is 13.0. The summed E-state index contributed by atoms with van der Waals surface area (Å²) in [6.07, 6.45) is -1.85. The molecule has 6 nitrogen and oxygen atoms in total. The number of nitrogens with two attached hydrogens (primary N) is 1. The van der Waals surface area contributed by atoms with Crippen molar-refractivity contribution in [3.63, 3.8) is 0 Å². The fourth-order valence-corrected chi connectivity index (χ4v) is 3.59. The molecule has 2 aromatic rings. The van der Waals surface area contributed by atoms with Gasteiger partial charge < -0.3 is 9.64 Å². The highest BCUT2D eigenvalue weighted by Crippen LogP contribution is 2.31. The Balaban J connectivity index is 0.000000830. The number of amides is 1. The topological polar surface area (TPSA) is 89.7 Å². The van der Waals surface area contributed by atoms with Gasteiger partial charge in [-0.3, -0.25) is 4.79 Å². The van der Waals surface area contributed by atoms with Crippen molar-refractivity contribution < 1.29 is 31.1 Å². The van der Waals surface area contributed by atoms with Gasteiger partial charge in [0.05, 0.1) is 6.26 Å². The van der Waals surface area contributed by atoms with E-state index in [2.05, 4.69) is 16.5 Å². The molecule has 2 aromatic carbocycles. The molecule has 36 heavy (non-hydrogen) atoms.